The maximum atomic E-state index is 13.0. The van der Waals surface area contributed by atoms with Crippen LogP contribution in [-0.2, 0) is 4.79 Å². The number of amides is 1. The van der Waals surface area contributed by atoms with E-state index >= 15 is 0 Å². The molecule has 7 heteroatoms. The van der Waals surface area contributed by atoms with Crippen molar-refractivity contribution in [2.75, 3.05) is 5.32 Å². The molecular weight excluding hydrogens is 430 g/mol. The SMILES string of the molecule is C/C(=C\C(=O)O)c1ccc(NC(=O)c2cc([Si](C)(C)C)cc([Si](C)(C)C)c2)cc1Cl. The molecule has 1 amide bonds. The van der Waals surface area contributed by atoms with Crippen LogP contribution < -0.4 is 15.7 Å². The van der Waals surface area contributed by atoms with Crippen LogP contribution in [0.2, 0.25) is 44.3 Å². The Morgan fingerprint density at radius 3 is 1.90 bits per heavy atom. The van der Waals surface area contributed by atoms with Crippen molar-refractivity contribution in [3.63, 3.8) is 0 Å². The first-order valence-electron chi connectivity index (χ1n) is 9.87. The van der Waals surface area contributed by atoms with Crippen molar-refractivity contribution < 1.29 is 14.7 Å². The minimum absolute atomic E-state index is 0.170. The molecule has 0 unspecified atom stereocenters. The minimum Gasteiger partial charge on any atom is -0.478 e. The highest BCUT2D eigenvalue weighted by atomic mass is 35.5. The molecule has 0 aromatic heterocycles. The summed E-state index contributed by atoms with van der Waals surface area (Å²) in [6, 6.07) is 11.4. The van der Waals surface area contributed by atoms with E-state index in [2.05, 4.69) is 50.7 Å². The lowest BCUT2D eigenvalue weighted by molar-refractivity contribution is -0.131. The highest BCUT2D eigenvalue weighted by molar-refractivity contribution is 6.91. The molecule has 2 aromatic carbocycles. The molecule has 2 N–H and O–H groups in total. The number of carbonyl (C=O) groups excluding carboxylic acids is 1. The summed E-state index contributed by atoms with van der Waals surface area (Å²) in [5.41, 5.74) is 2.41. The maximum Gasteiger partial charge on any atom is 0.328 e. The Morgan fingerprint density at radius 1 is 0.933 bits per heavy atom. The van der Waals surface area contributed by atoms with Gasteiger partial charge in [-0.05, 0) is 30.2 Å². The topological polar surface area (TPSA) is 66.4 Å². The average Bonchev–Trinajstić information content (AvgIpc) is 2.59. The quantitative estimate of drug-likeness (QED) is 0.462. The van der Waals surface area contributed by atoms with Crippen molar-refractivity contribution in [1.29, 1.82) is 0 Å². The Morgan fingerprint density at radius 2 is 1.47 bits per heavy atom. The summed E-state index contributed by atoms with van der Waals surface area (Å²) in [5.74, 6) is -1.20. The van der Waals surface area contributed by atoms with E-state index in [0.29, 0.717) is 27.4 Å². The number of aliphatic carboxylic acids is 1. The number of carboxylic acid groups (broad SMARTS) is 1. The molecule has 0 saturated heterocycles. The zero-order valence-electron chi connectivity index (χ0n) is 18.7. The number of anilines is 1. The molecule has 0 aliphatic heterocycles. The van der Waals surface area contributed by atoms with Crippen LogP contribution in [0.4, 0.5) is 5.69 Å². The van der Waals surface area contributed by atoms with Crippen LogP contribution in [-0.4, -0.2) is 33.1 Å². The average molecular weight is 460 g/mol. The predicted octanol–water partition coefficient (Wildman–Crippen LogP) is 5.17. The van der Waals surface area contributed by atoms with Crippen molar-refractivity contribution in [3.05, 3.63) is 58.6 Å². The largest absolute Gasteiger partial charge is 0.478 e. The molecule has 0 radical (unpaired) electrons. The van der Waals surface area contributed by atoms with Crippen LogP contribution in [0.3, 0.4) is 0 Å². The number of halogens is 1. The minimum atomic E-state index is -1.59. The molecule has 160 valence electrons. The molecule has 2 rings (SSSR count). The van der Waals surface area contributed by atoms with Crippen molar-refractivity contribution in [2.45, 2.75) is 46.2 Å². The number of carbonyl (C=O) groups is 2. The number of hydrogen-bond donors (Lipinski definition) is 2. The van der Waals surface area contributed by atoms with E-state index in [1.54, 1.807) is 25.1 Å². The Bertz CT molecular complexity index is 986. The van der Waals surface area contributed by atoms with E-state index in [0.717, 1.165) is 6.08 Å². The normalized spacial score (nSPS) is 12.6. The summed E-state index contributed by atoms with van der Waals surface area (Å²) >= 11 is 6.33. The Hall–Kier alpha value is -2.16. The monoisotopic (exact) mass is 459 g/mol. The van der Waals surface area contributed by atoms with Crippen LogP contribution in [0.15, 0.2) is 42.5 Å². The Balaban J connectivity index is 2.38. The van der Waals surface area contributed by atoms with Crippen LogP contribution in [0.5, 0.6) is 0 Å². The van der Waals surface area contributed by atoms with Crippen LogP contribution in [0.1, 0.15) is 22.8 Å². The Kier molecular flexibility index (Phi) is 7.17. The summed E-state index contributed by atoms with van der Waals surface area (Å²) in [4.78, 5) is 23.9. The van der Waals surface area contributed by atoms with Crippen molar-refractivity contribution in [1.82, 2.24) is 0 Å². The molecule has 0 bridgehead atoms. The van der Waals surface area contributed by atoms with Gasteiger partial charge in [-0.3, -0.25) is 4.79 Å². The molecule has 0 fully saturated rings. The van der Waals surface area contributed by atoms with Gasteiger partial charge in [-0.1, -0.05) is 85.5 Å². The summed E-state index contributed by atoms with van der Waals surface area (Å²) in [5, 5.41) is 14.8. The second-order valence-corrected chi connectivity index (χ2v) is 20.2. The van der Waals surface area contributed by atoms with Gasteiger partial charge in [0.1, 0.15) is 0 Å². The van der Waals surface area contributed by atoms with E-state index in [1.807, 2.05) is 12.1 Å². The van der Waals surface area contributed by atoms with Gasteiger partial charge in [0.2, 0.25) is 0 Å². The van der Waals surface area contributed by atoms with Crippen molar-refractivity contribution in [2.24, 2.45) is 0 Å². The van der Waals surface area contributed by atoms with E-state index in [4.69, 9.17) is 16.7 Å². The summed E-state index contributed by atoms with van der Waals surface area (Å²) in [6.07, 6.45) is 1.11. The summed E-state index contributed by atoms with van der Waals surface area (Å²) in [7, 11) is -3.18. The van der Waals surface area contributed by atoms with Gasteiger partial charge in [-0.25, -0.2) is 4.79 Å². The fourth-order valence-electron chi connectivity index (χ4n) is 3.00. The lowest BCUT2D eigenvalue weighted by Gasteiger charge is -2.24. The molecule has 0 atom stereocenters. The molecule has 30 heavy (non-hydrogen) atoms. The number of allylic oxidation sites excluding steroid dienone is 1. The molecule has 0 aliphatic rings. The van der Waals surface area contributed by atoms with Gasteiger partial charge >= 0.3 is 5.97 Å². The standard InChI is InChI=1S/C23H30ClNO3Si2/c1-15(10-22(26)27)20-9-8-17(13-21(20)24)25-23(28)16-11-18(29(2,3)4)14-19(12-16)30(5,6)7/h8-14H,1-7H3,(H,25,28)(H,26,27)/b15-10+. The van der Waals surface area contributed by atoms with Crippen LogP contribution in [0.25, 0.3) is 5.57 Å². The molecular formula is C23H30ClNO3Si2. The molecule has 0 spiro atoms. The third kappa shape index (κ3) is 6.17. The van der Waals surface area contributed by atoms with Crippen molar-refractivity contribution in [3.8, 4) is 0 Å². The van der Waals surface area contributed by atoms with Crippen LogP contribution in [0, 0.1) is 0 Å². The zero-order chi connectivity index (χ0) is 22.9. The lowest BCUT2D eigenvalue weighted by Crippen LogP contribution is -2.46. The second kappa shape index (κ2) is 8.92. The van der Waals surface area contributed by atoms with E-state index in [1.165, 1.54) is 10.4 Å². The van der Waals surface area contributed by atoms with Gasteiger partial charge in [0.05, 0.1) is 21.2 Å². The third-order valence-electron chi connectivity index (χ3n) is 4.92. The number of rotatable bonds is 6. The van der Waals surface area contributed by atoms with Gasteiger partial charge in [0, 0.05) is 17.3 Å². The van der Waals surface area contributed by atoms with Crippen LogP contribution >= 0.6 is 11.6 Å². The predicted molar refractivity (Wildman–Crippen MR) is 133 cm³/mol. The fraction of sp³-hybridized carbons (Fsp3) is 0.304. The van der Waals surface area contributed by atoms with Gasteiger partial charge in [-0.2, -0.15) is 0 Å². The summed E-state index contributed by atoms with van der Waals surface area (Å²) < 4.78 is 0. The smallest absolute Gasteiger partial charge is 0.328 e. The zero-order valence-corrected chi connectivity index (χ0v) is 21.4. The maximum absolute atomic E-state index is 13.0. The first-order valence-corrected chi connectivity index (χ1v) is 17.2. The highest BCUT2D eigenvalue weighted by Crippen LogP contribution is 2.27. The number of hydrogen-bond acceptors (Lipinski definition) is 2. The molecule has 2 aromatic rings. The van der Waals surface area contributed by atoms with Gasteiger partial charge < -0.3 is 10.4 Å². The molecule has 0 aliphatic carbocycles. The lowest BCUT2D eigenvalue weighted by atomic mass is 10.1. The van der Waals surface area contributed by atoms with Gasteiger partial charge in [-0.15, -0.1) is 0 Å². The molecule has 0 heterocycles. The van der Waals surface area contributed by atoms with E-state index in [-0.39, 0.29) is 5.91 Å². The molecule has 4 nitrogen and oxygen atoms in total. The number of carboxylic acids is 1. The number of nitrogens with one attached hydrogen (secondary N) is 1. The number of benzene rings is 2. The van der Waals surface area contributed by atoms with E-state index < -0.39 is 22.1 Å². The summed E-state index contributed by atoms with van der Waals surface area (Å²) in [6.45, 7) is 15.4. The van der Waals surface area contributed by atoms with Crippen molar-refractivity contribution >= 4 is 61.3 Å². The first kappa shape index (κ1) is 24.1. The Labute approximate surface area is 186 Å². The second-order valence-electron chi connectivity index (χ2n) is 9.61. The highest BCUT2D eigenvalue weighted by Gasteiger charge is 2.24. The molecule has 0 saturated carbocycles. The fourth-order valence-corrected chi connectivity index (χ4v) is 5.83. The van der Waals surface area contributed by atoms with E-state index in [9.17, 15) is 9.59 Å². The first-order chi connectivity index (χ1) is 13.7. The third-order valence-corrected chi connectivity index (χ3v) is 9.27. The van der Waals surface area contributed by atoms with Gasteiger partial charge in [0.15, 0.2) is 0 Å². The van der Waals surface area contributed by atoms with Gasteiger partial charge in [0.25, 0.3) is 5.91 Å².